The number of anilines is 1. The molecule has 0 amide bonds. The first-order chi connectivity index (χ1) is 9.54. The number of nitrogens with one attached hydrogen (secondary N) is 1. The minimum atomic E-state index is 0.316. The van der Waals surface area contributed by atoms with Crippen LogP contribution in [0, 0.1) is 6.92 Å². The number of aromatic hydroxyl groups is 1. The van der Waals surface area contributed by atoms with E-state index in [1.807, 2.05) is 25.3 Å². The van der Waals surface area contributed by atoms with Crippen molar-refractivity contribution < 1.29 is 5.11 Å². The number of pyridine rings is 1. The summed E-state index contributed by atoms with van der Waals surface area (Å²) >= 11 is 3.40. The third-order valence-corrected chi connectivity index (χ3v) is 4.06. The molecule has 2 rings (SSSR count). The highest BCUT2D eigenvalue weighted by Crippen LogP contribution is 2.18. The Labute approximate surface area is 128 Å². The molecule has 1 atom stereocenters. The Morgan fingerprint density at radius 1 is 1.30 bits per heavy atom. The summed E-state index contributed by atoms with van der Waals surface area (Å²) in [4.78, 5) is 4.29. The van der Waals surface area contributed by atoms with Crippen molar-refractivity contribution in [3.8, 4) is 5.75 Å². The molecule has 3 nitrogen and oxygen atoms in total. The minimum absolute atomic E-state index is 0.316. The number of phenolic OH excluding ortho intramolecular Hbond substituents is 1. The molecule has 106 valence electrons. The van der Waals surface area contributed by atoms with Gasteiger partial charge < -0.3 is 10.4 Å². The van der Waals surface area contributed by atoms with Gasteiger partial charge in [0.15, 0.2) is 0 Å². The molecule has 0 spiro atoms. The fourth-order valence-corrected chi connectivity index (χ4v) is 2.26. The van der Waals surface area contributed by atoms with E-state index in [0.717, 1.165) is 28.7 Å². The summed E-state index contributed by atoms with van der Waals surface area (Å²) in [5, 5.41) is 12.7. The molecule has 0 fully saturated rings. The van der Waals surface area contributed by atoms with Crippen LogP contribution in [0.5, 0.6) is 5.75 Å². The van der Waals surface area contributed by atoms with Gasteiger partial charge in [0.1, 0.15) is 10.4 Å². The quantitative estimate of drug-likeness (QED) is 0.801. The molecule has 20 heavy (non-hydrogen) atoms. The van der Waals surface area contributed by atoms with Gasteiger partial charge >= 0.3 is 0 Å². The summed E-state index contributed by atoms with van der Waals surface area (Å²) in [6, 6.07) is 9.85. The average molecular weight is 335 g/mol. The Morgan fingerprint density at radius 3 is 2.65 bits per heavy atom. The Balaban J connectivity index is 1.87. The van der Waals surface area contributed by atoms with E-state index in [1.54, 1.807) is 12.1 Å². The molecule has 0 bridgehead atoms. The van der Waals surface area contributed by atoms with Crippen molar-refractivity contribution in [2.45, 2.75) is 32.7 Å². The van der Waals surface area contributed by atoms with Gasteiger partial charge in [0, 0.05) is 6.04 Å². The lowest BCUT2D eigenvalue weighted by atomic mass is 10.1. The lowest BCUT2D eigenvalue weighted by Gasteiger charge is -2.15. The van der Waals surface area contributed by atoms with Crippen molar-refractivity contribution in [2.75, 3.05) is 5.32 Å². The molecule has 1 aromatic carbocycles. The monoisotopic (exact) mass is 334 g/mol. The molecular weight excluding hydrogens is 316 g/mol. The van der Waals surface area contributed by atoms with Crippen LogP contribution in [0.3, 0.4) is 0 Å². The maximum absolute atomic E-state index is 9.25. The number of halogens is 1. The Hall–Kier alpha value is -1.55. The van der Waals surface area contributed by atoms with Crippen LogP contribution in [0.15, 0.2) is 41.1 Å². The van der Waals surface area contributed by atoms with E-state index in [4.69, 9.17) is 0 Å². The van der Waals surface area contributed by atoms with Crippen molar-refractivity contribution >= 4 is 21.6 Å². The van der Waals surface area contributed by atoms with Gasteiger partial charge in [-0.1, -0.05) is 12.1 Å². The predicted molar refractivity (Wildman–Crippen MR) is 86.2 cm³/mol. The summed E-state index contributed by atoms with van der Waals surface area (Å²) in [5.41, 5.74) is 3.41. The molecule has 0 aliphatic heterocycles. The van der Waals surface area contributed by atoms with E-state index in [2.05, 4.69) is 39.2 Å². The van der Waals surface area contributed by atoms with E-state index < -0.39 is 0 Å². The third kappa shape index (κ3) is 4.23. The zero-order valence-corrected chi connectivity index (χ0v) is 13.3. The van der Waals surface area contributed by atoms with Gasteiger partial charge in [0.05, 0.1) is 11.9 Å². The van der Waals surface area contributed by atoms with Crippen molar-refractivity contribution in [1.82, 2.24) is 4.98 Å². The topological polar surface area (TPSA) is 45.1 Å². The lowest BCUT2D eigenvalue weighted by molar-refractivity contribution is 0.475. The number of rotatable bonds is 5. The summed E-state index contributed by atoms with van der Waals surface area (Å²) in [6.45, 7) is 4.20. The largest absolute Gasteiger partial charge is 0.508 e. The highest BCUT2D eigenvalue weighted by atomic mass is 79.9. The first kappa shape index (κ1) is 14.9. The Kier molecular flexibility index (Phi) is 5.01. The fourth-order valence-electron chi connectivity index (χ4n) is 2.04. The highest BCUT2D eigenvalue weighted by Gasteiger charge is 2.05. The number of benzene rings is 1. The summed E-state index contributed by atoms with van der Waals surface area (Å²) < 4.78 is 0.889. The second-order valence-electron chi connectivity index (χ2n) is 5.08. The number of hydrogen-bond donors (Lipinski definition) is 2. The van der Waals surface area contributed by atoms with Crippen molar-refractivity contribution in [1.29, 1.82) is 0 Å². The molecule has 1 aromatic heterocycles. The first-order valence-electron chi connectivity index (χ1n) is 6.71. The number of aryl methyl sites for hydroxylation is 2. The fraction of sp³-hybridized carbons (Fsp3) is 0.312. The number of hydrogen-bond acceptors (Lipinski definition) is 3. The van der Waals surface area contributed by atoms with Crippen LogP contribution >= 0.6 is 15.9 Å². The second kappa shape index (κ2) is 6.75. The normalized spacial score (nSPS) is 12.2. The van der Waals surface area contributed by atoms with Gasteiger partial charge in [-0.05, 0) is 71.9 Å². The smallest absolute Gasteiger partial charge is 0.115 e. The maximum Gasteiger partial charge on any atom is 0.115 e. The van der Waals surface area contributed by atoms with Gasteiger partial charge in [0.2, 0.25) is 0 Å². The maximum atomic E-state index is 9.25. The van der Waals surface area contributed by atoms with Gasteiger partial charge in [0.25, 0.3) is 0 Å². The van der Waals surface area contributed by atoms with E-state index in [9.17, 15) is 5.11 Å². The Bertz CT molecular complexity index is 569. The highest BCUT2D eigenvalue weighted by molar-refractivity contribution is 9.10. The van der Waals surface area contributed by atoms with Crippen LogP contribution in [0.2, 0.25) is 0 Å². The Morgan fingerprint density at radius 2 is 2.00 bits per heavy atom. The molecule has 0 aliphatic rings. The second-order valence-corrected chi connectivity index (χ2v) is 5.83. The number of phenols is 1. The molecule has 0 saturated carbocycles. The third-order valence-electron chi connectivity index (χ3n) is 3.23. The minimum Gasteiger partial charge on any atom is -0.508 e. The zero-order valence-electron chi connectivity index (χ0n) is 11.7. The molecule has 0 aliphatic carbocycles. The first-order valence-corrected chi connectivity index (χ1v) is 7.50. The van der Waals surface area contributed by atoms with Crippen LogP contribution in [0.4, 0.5) is 5.69 Å². The lowest BCUT2D eigenvalue weighted by Crippen LogP contribution is -2.16. The molecule has 1 heterocycles. The molecule has 2 aromatic rings. The van der Waals surface area contributed by atoms with Crippen LogP contribution in [-0.2, 0) is 6.42 Å². The van der Waals surface area contributed by atoms with Crippen LogP contribution in [-0.4, -0.2) is 16.1 Å². The summed E-state index contributed by atoms with van der Waals surface area (Å²) in [6.07, 6.45) is 3.85. The van der Waals surface area contributed by atoms with E-state index in [1.165, 1.54) is 5.56 Å². The average Bonchev–Trinajstić information content (AvgIpc) is 2.42. The number of aromatic nitrogens is 1. The van der Waals surface area contributed by atoms with Crippen molar-refractivity contribution in [3.63, 3.8) is 0 Å². The van der Waals surface area contributed by atoms with Crippen LogP contribution < -0.4 is 5.32 Å². The van der Waals surface area contributed by atoms with Crippen molar-refractivity contribution in [2.24, 2.45) is 0 Å². The van der Waals surface area contributed by atoms with Crippen LogP contribution in [0.1, 0.15) is 24.5 Å². The SMILES string of the molecule is Cc1cc(NC(C)CCc2ccc(O)cc2)cnc1Br. The predicted octanol–water partition coefficient (Wildman–Crippen LogP) is 4.29. The molecule has 2 N–H and O–H groups in total. The van der Waals surface area contributed by atoms with Gasteiger partial charge in [-0.15, -0.1) is 0 Å². The molecule has 0 saturated heterocycles. The van der Waals surface area contributed by atoms with Crippen molar-refractivity contribution in [3.05, 3.63) is 52.3 Å². The molecule has 1 unspecified atom stereocenters. The van der Waals surface area contributed by atoms with E-state index in [0.29, 0.717) is 11.8 Å². The zero-order chi connectivity index (χ0) is 14.5. The molecular formula is C16H19BrN2O. The molecule has 0 radical (unpaired) electrons. The van der Waals surface area contributed by atoms with Gasteiger partial charge in [-0.25, -0.2) is 4.98 Å². The summed E-state index contributed by atoms with van der Waals surface area (Å²) in [5.74, 6) is 0.316. The standard InChI is InChI=1S/C16H19BrN2O/c1-11-9-14(10-18-16(11)17)19-12(2)3-4-13-5-7-15(20)8-6-13/h5-10,12,19-20H,3-4H2,1-2H3. The summed E-state index contributed by atoms with van der Waals surface area (Å²) in [7, 11) is 0. The molecule has 4 heteroatoms. The van der Waals surface area contributed by atoms with E-state index >= 15 is 0 Å². The van der Waals surface area contributed by atoms with Gasteiger partial charge in [-0.3, -0.25) is 0 Å². The van der Waals surface area contributed by atoms with E-state index in [-0.39, 0.29) is 0 Å². The van der Waals surface area contributed by atoms with Crippen LogP contribution in [0.25, 0.3) is 0 Å². The van der Waals surface area contributed by atoms with Gasteiger partial charge in [-0.2, -0.15) is 0 Å². The number of nitrogens with zero attached hydrogens (tertiary/aromatic N) is 1.